The lowest BCUT2D eigenvalue weighted by Gasteiger charge is -2.32. The van der Waals surface area contributed by atoms with Crippen molar-refractivity contribution in [2.75, 3.05) is 0 Å². The van der Waals surface area contributed by atoms with E-state index >= 15 is 0 Å². The molecule has 1 aliphatic rings. The van der Waals surface area contributed by atoms with Gasteiger partial charge in [0.1, 0.15) is 0 Å². The van der Waals surface area contributed by atoms with E-state index < -0.39 is 0 Å². The Morgan fingerprint density at radius 2 is 2.10 bits per heavy atom. The van der Waals surface area contributed by atoms with Crippen LogP contribution in [-0.2, 0) is 16.1 Å². The van der Waals surface area contributed by atoms with Gasteiger partial charge in [0.05, 0.1) is 24.9 Å². The van der Waals surface area contributed by atoms with Crippen molar-refractivity contribution in [1.82, 2.24) is 0 Å². The quantitative estimate of drug-likeness (QED) is 0.383. The summed E-state index contributed by atoms with van der Waals surface area (Å²) in [4.78, 5) is 0. The lowest BCUT2D eigenvalue weighted by Crippen LogP contribution is -2.34. The molecule has 2 unspecified atom stereocenters. The molecule has 110 valence electrons. The average Bonchev–Trinajstić information content (AvgIpc) is 2.43. The molecule has 1 aliphatic heterocycles. The van der Waals surface area contributed by atoms with Crippen molar-refractivity contribution in [1.29, 1.82) is 0 Å². The van der Waals surface area contributed by atoms with Crippen LogP contribution in [0.3, 0.4) is 0 Å². The number of hydrogen-bond donors (Lipinski definition) is 2. The van der Waals surface area contributed by atoms with E-state index in [-0.39, 0.29) is 24.1 Å². The Balaban J connectivity index is 1.94. The van der Waals surface area contributed by atoms with E-state index in [1.165, 1.54) is 0 Å². The van der Waals surface area contributed by atoms with Crippen molar-refractivity contribution in [3.63, 3.8) is 0 Å². The number of ether oxygens (including phenoxy) is 2. The van der Waals surface area contributed by atoms with Crippen LogP contribution < -0.4 is 5.73 Å². The van der Waals surface area contributed by atoms with Gasteiger partial charge < -0.3 is 20.4 Å². The first-order valence-electron chi connectivity index (χ1n) is 6.92. The molecule has 0 aromatic heterocycles. The fourth-order valence-electron chi connectivity index (χ4n) is 2.57. The Morgan fingerprint density at radius 1 is 1.40 bits per heavy atom. The monoisotopic (exact) mass is 278 g/mol. The molecule has 3 N–H and O–H groups in total. The Hall–Kier alpha value is -1.59. The van der Waals surface area contributed by atoms with Gasteiger partial charge in [-0.1, -0.05) is 23.4 Å². The summed E-state index contributed by atoms with van der Waals surface area (Å²) in [5.74, 6) is 0.111. The first-order chi connectivity index (χ1) is 9.58. The third kappa shape index (κ3) is 3.95. The third-order valence-corrected chi connectivity index (χ3v) is 3.47. The number of nitrogens with two attached hydrogens (primary N) is 1. The van der Waals surface area contributed by atoms with Crippen LogP contribution in [0, 0.1) is 0 Å². The van der Waals surface area contributed by atoms with Crippen molar-refractivity contribution >= 4 is 5.84 Å². The minimum atomic E-state index is 0.111. The summed E-state index contributed by atoms with van der Waals surface area (Å²) in [7, 11) is 0. The molecule has 5 nitrogen and oxygen atoms in total. The van der Waals surface area contributed by atoms with Crippen molar-refractivity contribution in [3.8, 4) is 0 Å². The molecule has 0 aliphatic carbocycles. The van der Waals surface area contributed by atoms with Gasteiger partial charge in [-0.3, -0.25) is 0 Å². The van der Waals surface area contributed by atoms with E-state index in [9.17, 15) is 0 Å². The number of hydrogen-bond acceptors (Lipinski definition) is 4. The molecule has 1 aromatic carbocycles. The van der Waals surface area contributed by atoms with Crippen LogP contribution in [0.4, 0.5) is 0 Å². The second kappa shape index (κ2) is 6.72. The molecule has 0 amide bonds. The summed E-state index contributed by atoms with van der Waals surface area (Å²) in [6.07, 6.45) is 2.55. The largest absolute Gasteiger partial charge is 0.409 e. The number of oxime groups is 1. The lowest BCUT2D eigenvalue weighted by molar-refractivity contribution is -0.106. The fourth-order valence-corrected chi connectivity index (χ4v) is 2.57. The summed E-state index contributed by atoms with van der Waals surface area (Å²) >= 11 is 0. The predicted octanol–water partition coefficient (Wildman–Crippen LogP) is 2.25. The molecule has 1 heterocycles. The molecule has 0 bridgehead atoms. The highest BCUT2D eigenvalue weighted by Gasteiger charge is 2.24. The Morgan fingerprint density at radius 3 is 2.75 bits per heavy atom. The molecule has 1 saturated heterocycles. The smallest absolute Gasteiger partial charge is 0.170 e. The molecule has 0 radical (unpaired) electrons. The van der Waals surface area contributed by atoms with Gasteiger partial charge in [0.2, 0.25) is 0 Å². The molecule has 0 spiro atoms. The van der Waals surface area contributed by atoms with Gasteiger partial charge >= 0.3 is 0 Å². The summed E-state index contributed by atoms with van der Waals surface area (Å²) in [5, 5.41) is 11.7. The van der Waals surface area contributed by atoms with E-state index in [4.69, 9.17) is 20.4 Å². The number of benzene rings is 1. The number of rotatable bonds is 4. The van der Waals surface area contributed by atoms with Gasteiger partial charge in [-0.15, -0.1) is 0 Å². The zero-order valence-electron chi connectivity index (χ0n) is 12.0. The van der Waals surface area contributed by atoms with Crippen molar-refractivity contribution < 1.29 is 14.7 Å². The summed E-state index contributed by atoms with van der Waals surface area (Å²) in [6.45, 7) is 4.67. The van der Waals surface area contributed by atoms with Crippen LogP contribution in [0.15, 0.2) is 29.4 Å². The molecule has 0 saturated carbocycles. The molecule has 1 aromatic rings. The predicted molar refractivity (Wildman–Crippen MR) is 76.8 cm³/mol. The summed E-state index contributed by atoms with van der Waals surface area (Å²) < 4.78 is 11.6. The van der Waals surface area contributed by atoms with E-state index in [1.807, 2.05) is 18.2 Å². The van der Waals surface area contributed by atoms with E-state index in [0.717, 1.165) is 18.4 Å². The molecule has 5 heteroatoms. The molecular formula is C15H22N2O3. The van der Waals surface area contributed by atoms with Crippen molar-refractivity contribution in [2.45, 2.75) is 51.6 Å². The topological polar surface area (TPSA) is 77.1 Å². The first kappa shape index (κ1) is 14.8. The molecule has 2 rings (SSSR count). The van der Waals surface area contributed by atoms with E-state index in [0.29, 0.717) is 12.2 Å². The van der Waals surface area contributed by atoms with E-state index in [2.05, 4.69) is 19.0 Å². The van der Waals surface area contributed by atoms with Gasteiger partial charge in [0, 0.05) is 5.56 Å². The fraction of sp³-hybridized carbons (Fsp3) is 0.533. The Bertz CT molecular complexity index is 466. The zero-order valence-corrected chi connectivity index (χ0v) is 12.0. The second-order valence-electron chi connectivity index (χ2n) is 5.35. The SMILES string of the molecule is CC1CC(OCc2cccc(/C(N)=N/O)c2)CC(C)O1. The van der Waals surface area contributed by atoms with Crippen LogP contribution in [0.25, 0.3) is 0 Å². The van der Waals surface area contributed by atoms with Gasteiger partial charge in [0.25, 0.3) is 0 Å². The maximum Gasteiger partial charge on any atom is 0.170 e. The van der Waals surface area contributed by atoms with Crippen LogP contribution in [0.1, 0.15) is 37.8 Å². The second-order valence-corrected chi connectivity index (χ2v) is 5.35. The summed E-state index contributed by atoms with van der Waals surface area (Å²) in [5.41, 5.74) is 7.29. The Labute approximate surface area is 119 Å². The molecular weight excluding hydrogens is 256 g/mol. The number of amidine groups is 1. The molecule has 1 fully saturated rings. The van der Waals surface area contributed by atoms with Crippen LogP contribution in [0.5, 0.6) is 0 Å². The van der Waals surface area contributed by atoms with Crippen LogP contribution >= 0.6 is 0 Å². The number of nitrogens with zero attached hydrogens (tertiary/aromatic N) is 1. The maximum absolute atomic E-state index is 8.69. The standard InChI is InChI=1S/C15H22N2O3/c1-10-6-14(7-11(2)20-10)19-9-12-4-3-5-13(8-12)15(16)17-18/h3-5,8,10-11,14,18H,6-7,9H2,1-2H3,(H2,16,17). The normalized spacial score (nSPS) is 27.5. The highest BCUT2D eigenvalue weighted by molar-refractivity contribution is 5.97. The molecule has 2 atom stereocenters. The van der Waals surface area contributed by atoms with Crippen LogP contribution in [0.2, 0.25) is 0 Å². The van der Waals surface area contributed by atoms with Gasteiger partial charge in [-0.25, -0.2) is 0 Å². The van der Waals surface area contributed by atoms with E-state index in [1.54, 1.807) is 6.07 Å². The van der Waals surface area contributed by atoms with Gasteiger partial charge in [-0.05, 0) is 38.3 Å². The maximum atomic E-state index is 8.69. The lowest BCUT2D eigenvalue weighted by atomic mass is 10.0. The van der Waals surface area contributed by atoms with Crippen molar-refractivity contribution in [3.05, 3.63) is 35.4 Å². The highest BCUT2D eigenvalue weighted by atomic mass is 16.5. The highest BCUT2D eigenvalue weighted by Crippen LogP contribution is 2.22. The minimum Gasteiger partial charge on any atom is -0.409 e. The zero-order chi connectivity index (χ0) is 14.5. The minimum absolute atomic E-state index is 0.111. The first-order valence-corrected chi connectivity index (χ1v) is 6.92. The van der Waals surface area contributed by atoms with Gasteiger partial charge in [-0.2, -0.15) is 0 Å². The van der Waals surface area contributed by atoms with Crippen molar-refractivity contribution in [2.24, 2.45) is 10.9 Å². The average molecular weight is 278 g/mol. The molecule has 20 heavy (non-hydrogen) atoms. The Kier molecular flexibility index (Phi) is 4.98. The summed E-state index contributed by atoms with van der Waals surface area (Å²) in [6, 6.07) is 7.53. The van der Waals surface area contributed by atoms with Crippen LogP contribution in [-0.4, -0.2) is 29.4 Å². The third-order valence-electron chi connectivity index (χ3n) is 3.47. The van der Waals surface area contributed by atoms with Gasteiger partial charge in [0.15, 0.2) is 5.84 Å².